The van der Waals surface area contributed by atoms with Crippen LogP contribution in [-0.2, 0) is 9.59 Å². The van der Waals surface area contributed by atoms with Crippen molar-refractivity contribution >= 4 is 11.8 Å². The number of rotatable bonds is 8. The van der Waals surface area contributed by atoms with Crippen LogP contribution in [0.1, 0.15) is 41.5 Å². The van der Waals surface area contributed by atoms with E-state index in [1.807, 2.05) is 51.3 Å². The first kappa shape index (κ1) is 17.9. The summed E-state index contributed by atoms with van der Waals surface area (Å²) in [6.07, 6.45) is 0. The van der Waals surface area contributed by atoms with Crippen molar-refractivity contribution in [2.75, 3.05) is 26.2 Å². The SMILES string of the molecule is CCNC(=O)CN(CC)CC(=O)N(C(C)C)C(C)C. The van der Waals surface area contributed by atoms with Crippen LogP contribution in [0.25, 0.3) is 0 Å². The van der Waals surface area contributed by atoms with Crippen molar-refractivity contribution in [1.29, 1.82) is 0 Å². The molecule has 112 valence electrons. The maximum absolute atomic E-state index is 12.3. The fourth-order valence-corrected chi connectivity index (χ4v) is 2.18. The van der Waals surface area contributed by atoms with Gasteiger partial charge in [-0.3, -0.25) is 14.5 Å². The number of nitrogens with zero attached hydrogens (tertiary/aromatic N) is 2. The van der Waals surface area contributed by atoms with Crippen LogP contribution in [0.5, 0.6) is 0 Å². The molecule has 0 aromatic carbocycles. The van der Waals surface area contributed by atoms with Crippen LogP contribution in [0, 0.1) is 0 Å². The smallest absolute Gasteiger partial charge is 0.237 e. The Morgan fingerprint density at radius 3 is 1.89 bits per heavy atom. The molecular weight excluding hydrogens is 242 g/mol. The van der Waals surface area contributed by atoms with Gasteiger partial charge >= 0.3 is 0 Å². The summed E-state index contributed by atoms with van der Waals surface area (Å²) >= 11 is 0. The molecule has 0 spiro atoms. The van der Waals surface area contributed by atoms with E-state index in [-0.39, 0.29) is 30.4 Å². The van der Waals surface area contributed by atoms with Crippen molar-refractivity contribution < 1.29 is 9.59 Å². The van der Waals surface area contributed by atoms with Gasteiger partial charge in [0.15, 0.2) is 0 Å². The maximum Gasteiger partial charge on any atom is 0.237 e. The summed E-state index contributed by atoms with van der Waals surface area (Å²) in [5.74, 6) is 0.0499. The topological polar surface area (TPSA) is 52.7 Å². The number of likely N-dealkylation sites (N-methyl/N-ethyl adjacent to an activating group) is 2. The summed E-state index contributed by atoms with van der Waals surface area (Å²) in [7, 11) is 0. The van der Waals surface area contributed by atoms with Gasteiger partial charge in [0, 0.05) is 18.6 Å². The second-order valence-corrected chi connectivity index (χ2v) is 5.25. The zero-order chi connectivity index (χ0) is 15.0. The molecule has 0 rings (SSSR count). The van der Waals surface area contributed by atoms with E-state index in [1.165, 1.54) is 0 Å². The van der Waals surface area contributed by atoms with Gasteiger partial charge in [0.2, 0.25) is 11.8 Å². The summed E-state index contributed by atoms with van der Waals surface area (Å²) in [4.78, 5) is 27.6. The first-order valence-corrected chi connectivity index (χ1v) is 7.13. The average Bonchev–Trinajstić information content (AvgIpc) is 2.27. The highest BCUT2D eigenvalue weighted by Gasteiger charge is 2.22. The van der Waals surface area contributed by atoms with Crippen LogP contribution in [0.15, 0.2) is 0 Å². The molecule has 0 atom stereocenters. The molecule has 0 aliphatic carbocycles. The van der Waals surface area contributed by atoms with Gasteiger partial charge < -0.3 is 10.2 Å². The third-order valence-corrected chi connectivity index (χ3v) is 2.95. The first-order chi connectivity index (χ1) is 8.83. The summed E-state index contributed by atoms with van der Waals surface area (Å²) in [5, 5.41) is 2.75. The monoisotopic (exact) mass is 271 g/mol. The third kappa shape index (κ3) is 6.57. The molecule has 0 heterocycles. The number of carbonyl (C=O) groups is 2. The molecule has 0 radical (unpaired) electrons. The lowest BCUT2D eigenvalue weighted by Crippen LogP contribution is -2.48. The standard InChI is InChI=1S/C14H29N3O2/c1-7-15-13(18)9-16(8-2)10-14(19)17(11(3)4)12(5)6/h11-12H,7-10H2,1-6H3,(H,15,18). The Morgan fingerprint density at radius 1 is 1.00 bits per heavy atom. The van der Waals surface area contributed by atoms with E-state index < -0.39 is 0 Å². The minimum atomic E-state index is -0.0298. The van der Waals surface area contributed by atoms with E-state index in [1.54, 1.807) is 0 Å². The van der Waals surface area contributed by atoms with Gasteiger partial charge in [-0.05, 0) is 41.2 Å². The first-order valence-electron chi connectivity index (χ1n) is 7.13. The molecule has 0 unspecified atom stereocenters. The summed E-state index contributed by atoms with van der Waals surface area (Å²) in [6, 6.07) is 0.353. The minimum absolute atomic E-state index is 0.0298. The molecule has 5 nitrogen and oxygen atoms in total. The van der Waals surface area contributed by atoms with Crippen LogP contribution >= 0.6 is 0 Å². The molecule has 0 aliphatic rings. The van der Waals surface area contributed by atoms with Crippen LogP contribution in [0.4, 0.5) is 0 Å². The molecule has 19 heavy (non-hydrogen) atoms. The van der Waals surface area contributed by atoms with Crippen LogP contribution in [-0.4, -0.2) is 59.9 Å². The molecule has 0 fully saturated rings. The van der Waals surface area contributed by atoms with Gasteiger partial charge in [-0.25, -0.2) is 0 Å². The van der Waals surface area contributed by atoms with E-state index in [2.05, 4.69) is 5.32 Å². The Labute approximate surface area is 117 Å². The Morgan fingerprint density at radius 2 is 1.53 bits per heavy atom. The lowest BCUT2D eigenvalue weighted by atomic mass is 10.2. The second kappa shape index (κ2) is 8.91. The number of carbonyl (C=O) groups excluding carboxylic acids is 2. The number of nitrogens with one attached hydrogen (secondary N) is 1. The van der Waals surface area contributed by atoms with Crippen molar-refractivity contribution in [3.63, 3.8) is 0 Å². The fraction of sp³-hybridized carbons (Fsp3) is 0.857. The molecule has 5 heteroatoms. The lowest BCUT2D eigenvalue weighted by molar-refractivity contribution is -0.136. The van der Waals surface area contributed by atoms with Gasteiger partial charge in [0.25, 0.3) is 0 Å². The van der Waals surface area contributed by atoms with Crippen molar-refractivity contribution in [3.8, 4) is 0 Å². The molecule has 2 amide bonds. The zero-order valence-corrected chi connectivity index (χ0v) is 13.2. The fourth-order valence-electron chi connectivity index (χ4n) is 2.18. The Kier molecular flexibility index (Phi) is 8.39. The Hall–Kier alpha value is -1.10. The van der Waals surface area contributed by atoms with Crippen molar-refractivity contribution in [2.24, 2.45) is 0 Å². The highest BCUT2D eigenvalue weighted by atomic mass is 16.2. The lowest BCUT2D eigenvalue weighted by Gasteiger charge is -2.32. The minimum Gasteiger partial charge on any atom is -0.355 e. The van der Waals surface area contributed by atoms with Crippen molar-refractivity contribution in [1.82, 2.24) is 15.1 Å². The average molecular weight is 271 g/mol. The summed E-state index contributed by atoms with van der Waals surface area (Å²) in [5.41, 5.74) is 0. The molecular formula is C14H29N3O2. The van der Waals surface area contributed by atoms with Crippen molar-refractivity contribution in [2.45, 2.75) is 53.6 Å². The molecule has 0 saturated heterocycles. The largest absolute Gasteiger partial charge is 0.355 e. The van der Waals surface area contributed by atoms with E-state index in [0.29, 0.717) is 19.6 Å². The van der Waals surface area contributed by atoms with Gasteiger partial charge in [-0.15, -0.1) is 0 Å². The van der Waals surface area contributed by atoms with Gasteiger partial charge in [0.1, 0.15) is 0 Å². The van der Waals surface area contributed by atoms with Gasteiger partial charge in [-0.2, -0.15) is 0 Å². The normalized spacial score (nSPS) is 11.2. The zero-order valence-electron chi connectivity index (χ0n) is 13.2. The number of hydrogen-bond acceptors (Lipinski definition) is 3. The molecule has 0 aromatic rings. The van der Waals surface area contributed by atoms with E-state index in [9.17, 15) is 9.59 Å². The molecule has 1 N–H and O–H groups in total. The quantitative estimate of drug-likeness (QED) is 0.719. The highest BCUT2D eigenvalue weighted by Crippen LogP contribution is 2.06. The van der Waals surface area contributed by atoms with Crippen LogP contribution in [0.2, 0.25) is 0 Å². The third-order valence-electron chi connectivity index (χ3n) is 2.95. The molecule has 0 aliphatic heterocycles. The number of amides is 2. The number of hydrogen-bond donors (Lipinski definition) is 1. The van der Waals surface area contributed by atoms with E-state index in [0.717, 1.165) is 0 Å². The Balaban J connectivity index is 4.52. The van der Waals surface area contributed by atoms with Crippen LogP contribution in [0.3, 0.4) is 0 Å². The second-order valence-electron chi connectivity index (χ2n) is 5.25. The maximum atomic E-state index is 12.3. The predicted molar refractivity (Wildman–Crippen MR) is 77.9 cm³/mol. The Bertz CT molecular complexity index is 282. The van der Waals surface area contributed by atoms with Crippen molar-refractivity contribution in [3.05, 3.63) is 0 Å². The molecule has 0 bridgehead atoms. The summed E-state index contributed by atoms with van der Waals surface area (Å²) in [6.45, 7) is 13.8. The van der Waals surface area contributed by atoms with Gasteiger partial charge in [-0.1, -0.05) is 6.92 Å². The van der Waals surface area contributed by atoms with Gasteiger partial charge in [0.05, 0.1) is 13.1 Å². The van der Waals surface area contributed by atoms with E-state index >= 15 is 0 Å². The molecule has 0 saturated carbocycles. The van der Waals surface area contributed by atoms with E-state index in [4.69, 9.17) is 0 Å². The summed E-state index contributed by atoms with van der Waals surface area (Å²) < 4.78 is 0. The molecule has 0 aromatic heterocycles. The predicted octanol–water partition coefficient (Wildman–Crippen LogP) is 1.09. The highest BCUT2D eigenvalue weighted by molar-refractivity contribution is 5.81. The van der Waals surface area contributed by atoms with Crippen LogP contribution < -0.4 is 5.32 Å².